The summed E-state index contributed by atoms with van der Waals surface area (Å²) in [5.74, 6) is 1.67. The second-order valence-corrected chi connectivity index (χ2v) is 14.3. The number of rotatable bonds is 2. The third-order valence-electron chi connectivity index (χ3n) is 8.07. The zero-order valence-corrected chi connectivity index (χ0v) is 26.5. The molecule has 4 fully saturated rings. The van der Waals surface area contributed by atoms with Crippen molar-refractivity contribution in [1.29, 1.82) is 0 Å². The van der Waals surface area contributed by atoms with Gasteiger partial charge in [0.2, 0.25) is 0 Å². The van der Waals surface area contributed by atoms with Gasteiger partial charge in [0.1, 0.15) is 0 Å². The van der Waals surface area contributed by atoms with Crippen molar-refractivity contribution in [2.75, 3.05) is 52.4 Å². The first-order valence-electron chi connectivity index (χ1n) is 15.8. The van der Waals surface area contributed by atoms with Gasteiger partial charge in [-0.2, -0.15) is 0 Å². The zero-order valence-electron chi connectivity index (χ0n) is 26.5. The summed E-state index contributed by atoms with van der Waals surface area (Å²) in [6, 6.07) is 1.47. The van der Waals surface area contributed by atoms with E-state index in [1.165, 1.54) is 104 Å². The van der Waals surface area contributed by atoms with Crippen molar-refractivity contribution in [3.05, 3.63) is 0 Å². The van der Waals surface area contributed by atoms with Crippen LogP contribution in [0, 0.1) is 22.7 Å². The van der Waals surface area contributed by atoms with Crippen LogP contribution >= 0.6 is 0 Å². The van der Waals surface area contributed by atoms with Gasteiger partial charge in [-0.05, 0) is 134 Å². The minimum absolute atomic E-state index is 0.626. The molecule has 4 nitrogen and oxygen atoms in total. The highest BCUT2D eigenvalue weighted by molar-refractivity contribution is 4.92. The molecular formula is C32H68N4. The van der Waals surface area contributed by atoms with Crippen LogP contribution in [0.3, 0.4) is 0 Å². The molecule has 0 amide bonds. The van der Waals surface area contributed by atoms with Crippen molar-refractivity contribution in [2.24, 2.45) is 22.7 Å². The minimum Gasteiger partial charge on any atom is -0.317 e. The van der Waals surface area contributed by atoms with Gasteiger partial charge in [-0.3, -0.25) is 0 Å². The number of nitrogens with one attached hydrogen (secondary N) is 2. The Morgan fingerprint density at radius 1 is 0.500 bits per heavy atom. The number of piperidine rings is 4. The molecule has 0 aliphatic carbocycles. The zero-order chi connectivity index (χ0) is 27.2. The molecule has 2 spiro atoms. The minimum atomic E-state index is 0.626. The molecule has 4 heteroatoms. The van der Waals surface area contributed by atoms with Gasteiger partial charge in [0.05, 0.1) is 0 Å². The van der Waals surface area contributed by atoms with E-state index in [0.29, 0.717) is 10.8 Å². The van der Waals surface area contributed by atoms with E-state index in [-0.39, 0.29) is 0 Å². The molecule has 1 atom stereocenters. The fourth-order valence-corrected chi connectivity index (χ4v) is 6.12. The highest BCUT2D eigenvalue weighted by Gasteiger charge is 2.37. The summed E-state index contributed by atoms with van der Waals surface area (Å²) in [7, 11) is 0. The predicted molar refractivity (Wildman–Crippen MR) is 162 cm³/mol. The lowest BCUT2D eigenvalue weighted by atomic mass is 9.72. The fraction of sp³-hybridized carbons (Fsp3) is 1.00. The third-order valence-corrected chi connectivity index (χ3v) is 8.07. The van der Waals surface area contributed by atoms with E-state index in [1.54, 1.807) is 0 Å². The number of hydrogen-bond acceptors (Lipinski definition) is 4. The number of likely N-dealkylation sites (tertiary alicyclic amines) is 2. The first-order chi connectivity index (χ1) is 16.9. The molecule has 0 saturated carbocycles. The van der Waals surface area contributed by atoms with E-state index < -0.39 is 0 Å². The average Bonchev–Trinajstić information content (AvgIpc) is 2.80. The van der Waals surface area contributed by atoms with Gasteiger partial charge in [0.15, 0.2) is 0 Å². The van der Waals surface area contributed by atoms with Gasteiger partial charge in [-0.15, -0.1) is 0 Å². The maximum absolute atomic E-state index is 3.58. The van der Waals surface area contributed by atoms with Crippen molar-refractivity contribution >= 4 is 0 Å². The molecule has 4 rings (SSSR count). The Morgan fingerprint density at radius 2 is 0.917 bits per heavy atom. The molecule has 0 aromatic carbocycles. The fourth-order valence-electron chi connectivity index (χ4n) is 6.12. The molecule has 216 valence electrons. The smallest absolute Gasteiger partial charge is 0.00529 e. The Hall–Kier alpha value is -0.160. The molecule has 4 aliphatic rings. The topological polar surface area (TPSA) is 30.5 Å². The van der Waals surface area contributed by atoms with Crippen molar-refractivity contribution in [3.8, 4) is 0 Å². The molecule has 0 aromatic heterocycles. The molecule has 0 bridgehead atoms. The molecule has 0 radical (unpaired) electrons. The first-order valence-corrected chi connectivity index (χ1v) is 15.8. The van der Waals surface area contributed by atoms with Crippen LogP contribution < -0.4 is 10.6 Å². The lowest BCUT2D eigenvalue weighted by Crippen LogP contribution is -2.52. The summed E-state index contributed by atoms with van der Waals surface area (Å²) in [6.45, 7) is 32.6. The van der Waals surface area contributed by atoms with E-state index in [2.05, 4.69) is 89.7 Å². The molecule has 1 unspecified atom stereocenters. The first kappa shape index (κ1) is 33.9. The highest BCUT2D eigenvalue weighted by atomic mass is 15.2. The van der Waals surface area contributed by atoms with Crippen LogP contribution in [0.15, 0.2) is 0 Å². The Labute approximate surface area is 228 Å². The third kappa shape index (κ3) is 13.6. The Kier molecular flexibility index (Phi) is 16.4. The summed E-state index contributed by atoms with van der Waals surface area (Å²) >= 11 is 0. The van der Waals surface area contributed by atoms with Crippen LogP contribution in [0.25, 0.3) is 0 Å². The van der Waals surface area contributed by atoms with Crippen molar-refractivity contribution in [1.82, 2.24) is 20.4 Å². The average molecular weight is 509 g/mol. The van der Waals surface area contributed by atoms with Crippen molar-refractivity contribution in [3.63, 3.8) is 0 Å². The lowest BCUT2D eigenvalue weighted by molar-refractivity contribution is 0.0419. The number of hydrogen-bond donors (Lipinski definition) is 2. The van der Waals surface area contributed by atoms with Crippen LogP contribution in [0.4, 0.5) is 0 Å². The van der Waals surface area contributed by atoms with Gasteiger partial charge in [0.25, 0.3) is 0 Å². The largest absolute Gasteiger partial charge is 0.317 e. The van der Waals surface area contributed by atoms with Gasteiger partial charge < -0.3 is 20.4 Å². The Balaban J connectivity index is 0.000000279. The molecular weight excluding hydrogens is 440 g/mol. The Morgan fingerprint density at radius 3 is 1.33 bits per heavy atom. The molecule has 4 saturated heterocycles. The van der Waals surface area contributed by atoms with Crippen LogP contribution in [-0.4, -0.2) is 74.2 Å². The van der Waals surface area contributed by atoms with Crippen LogP contribution in [0.1, 0.15) is 121 Å². The van der Waals surface area contributed by atoms with Gasteiger partial charge in [-0.1, -0.05) is 41.5 Å². The SMILES string of the molecule is CC(C)C.CC(C)C.CC(C)N1CCCC2(CCCNC2)C1.CC(C)N1CCCC2(CCNCC2)C1. The normalized spacial score (nSPS) is 26.8. The quantitative estimate of drug-likeness (QED) is 0.418. The summed E-state index contributed by atoms with van der Waals surface area (Å²) < 4.78 is 0. The lowest BCUT2D eigenvalue weighted by Gasteiger charge is -2.46. The van der Waals surface area contributed by atoms with E-state index in [4.69, 9.17) is 0 Å². The van der Waals surface area contributed by atoms with E-state index in [9.17, 15) is 0 Å². The van der Waals surface area contributed by atoms with Gasteiger partial charge in [-0.25, -0.2) is 0 Å². The molecule has 36 heavy (non-hydrogen) atoms. The monoisotopic (exact) mass is 509 g/mol. The second kappa shape index (κ2) is 17.4. The van der Waals surface area contributed by atoms with Crippen molar-refractivity contribution in [2.45, 2.75) is 133 Å². The molecule has 4 heterocycles. The summed E-state index contributed by atoms with van der Waals surface area (Å²) in [4.78, 5) is 5.34. The second-order valence-electron chi connectivity index (χ2n) is 14.3. The summed E-state index contributed by atoms with van der Waals surface area (Å²) in [5, 5.41) is 7.06. The Bertz CT molecular complexity index is 466. The van der Waals surface area contributed by atoms with E-state index in [1.807, 2.05) is 0 Å². The van der Waals surface area contributed by atoms with Crippen LogP contribution in [0.2, 0.25) is 0 Å². The molecule has 4 aliphatic heterocycles. The molecule has 2 N–H and O–H groups in total. The number of nitrogens with zero attached hydrogens (tertiary/aromatic N) is 2. The maximum atomic E-state index is 3.58. The summed E-state index contributed by atoms with van der Waals surface area (Å²) in [6.07, 6.45) is 11.4. The van der Waals surface area contributed by atoms with Gasteiger partial charge in [0, 0.05) is 31.7 Å². The van der Waals surface area contributed by atoms with E-state index >= 15 is 0 Å². The predicted octanol–water partition coefficient (Wildman–Crippen LogP) is 7.05. The summed E-state index contributed by atoms with van der Waals surface area (Å²) in [5.41, 5.74) is 1.30. The molecule has 0 aromatic rings. The standard InChI is InChI=1S/2C12H24N2.2C4H10/c1-11(2)14-8-4-6-12(10-14)5-3-7-13-9-12;1-11(2)14-9-3-4-12(10-14)5-7-13-8-6-12;2*1-4(2)3/h2*11,13H,3-10H2,1-2H3;2*4H,1-3H3. The highest BCUT2D eigenvalue weighted by Crippen LogP contribution is 2.38. The van der Waals surface area contributed by atoms with Crippen LogP contribution in [0.5, 0.6) is 0 Å². The van der Waals surface area contributed by atoms with Gasteiger partial charge >= 0.3 is 0 Å². The maximum Gasteiger partial charge on any atom is 0.00529 e. The van der Waals surface area contributed by atoms with E-state index in [0.717, 1.165) is 23.9 Å². The van der Waals surface area contributed by atoms with Crippen molar-refractivity contribution < 1.29 is 0 Å². The van der Waals surface area contributed by atoms with Crippen LogP contribution in [-0.2, 0) is 0 Å².